The molecule has 1 aromatic carbocycles. The van der Waals surface area contributed by atoms with Crippen LogP contribution in [0.4, 0.5) is 18.9 Å². The molecule has 18 heavy (non-hydrogen) atoms. The van der Waals surface area contributed by atoms with E-state index in [1.807, 2.05) is 0 Å². The van der Waals surface area contributed by atoms with Crippen molar-refractivity contribution in [2.75, 3.05) is 5.73 Å². The molecule has 3 N–H and O–H groups in total. The topological polar surface area (TPSA) is 46.2 Å². The van der Waals surface area contributed by atoms with E-state index in [9.17, 15) is 18.3 Å². The van der Waals surface area contributed by atoms with Gasteiger partial charge in [0.1, 0.15) is 5.60 Å². The lowest BCUT2D eigenvalue weighted by atomic mass is 9.82. The number of nitrogen functional groups attached to an aromatic ring is 1. The Balaban J connectivity index is 3.16. The first-order valence-corrected chi connectivity index (χ1v) is 5.78. The minimum Gasteiger partial charge on any atom is -0.398 e. The van der Waals surface area contributed by atoms with Crippen LogP contribution >= 0.6 is 0 Å². The normalized spacial score (nSPS) is 15.7. The van der Waals surface area contributed by atoms with Crippen LogP contribution in [0.3, 0.4) is 0 Å². The number of alkyl halides is 3. The Labute approximate surface area is 105 Å². The largest absolute Gasteiger partial charge is 0.398 e. The van der Waals surface area contributed by atoms with Crippen molar-refractivity contribution in [2.45, 2.75) is 38.5 Å². The van der Waals surface area contributed by atoms with Gasteiger partial charge in [-0.1, -0.05) is 32.0 Å². The summed E-state index contributed by atoms with van der Waals surface area (Å²) in [5.41, 5.74) is 4.05. The van der Waals surface area contributed by atoms with Gasteiger partial charge < -0.3 is 10.8 Å². The minimum atomic E-state index is -4.44. The third-order valence-corrected chi connectivity index (χ3v) is 2.70. The van der Waals surface area contributed by atoms with Crippen molar-refractivity contribution >= 4 is 5.69 Å². The summed E-state index contributed by atoms with van der Waals surface area (Å²) >= 11 is 0. The van der Waals surface area contributed by atoms with E-state index < -0.39 is 18.2 Å². The predicted molar refractivity (Wildman–Crippen MR) is 64.9 cm³/mol. The number of aliphatic hydroxyl groups is 1. The lowest BCUT2D eigenvalue weighted by Gasteiger charge is -2.32. The maximum Gasteiger partial charge on any atom is 0.392 e. The fourth-order valence-corrected chi connectivity index (χ4v) is 2.21. The Morgan fingerprint density at radius 1 is 1.22 bits per heavy atom. The predicted octanol–water partition coefficient (Wildman–Crippen LogP) is 3.45. The Bertz CT molecular complexity index is 403. The summed E-state index contributed by atoms with van der Waals surface area (Å²) in [5, 5.41) is 10.4. The van der Waals surface area contributed by atoms with Crippen molar-refractivity contribution in [3.8, 4) is 0 Å². The highest BCUT2D eigenvalue weighted by Crippen LogP contribution is 2.41. The lowest BCUT2D eigenvalue weighted by molar-refractivity contribution is -0.182. The molecule has 5 heteroatoms. The van der Waals surface area contributed by atoms with E-state index in [-0.39, 0.29) is 23.6 Å². The standard InChI is InChI=1S/C13H18F3NO/c1-9(2)7-12(18,8-13(14,15)16)10-5-3-4-6-11(10)17/h3-6,9,18H,7-8,17H2,1-2H3. The van der Waals surface area contributed by atoms with Crippen molar-refractivity contribution in [3.05, 3.63) is 29.8 Å². The lowest BCUT2D eigenvalue weighted by Crippen LogP contribution is -2.34. The van der Waals surface area contributed by atoms with Crippen LogP contribution in [0.25, 0.3) is 0 Å². The average Bonchev–Trinajstić information content (AvgIpc) is 2.13. The molecule has 1 unspecified atom stereocenters. The van der Waals surface area contributed by atoms with E-state index in [0.29, 0.717) is 0 Å². The van der Waals surface area contributed by atoms with E-state index in [2.05, 4.69) is 0 Å². The number of halogens is 3. The summed E-state index contributed by atoms with van der Waals surface area (Å²) in [7, 11) is 0. The van der Waals surface area contributed by atoms with Gasteiger partial charge in [0, 0.05) is 11.3 Å². The highest BCUT2D eigenvalue weighted by Gasteiger charge is 2.43. The third kappa shape index (κ3) is 3.91. The molecule has 0 radical (unpaired) electrons. The summed E-state index contributed by atoms with van der Waals surface area (Å²) in [6, 6.07) is 6.15. The van der Waals surface area contributed by atoms with E-state index in [4.69, 9.17) is 5.73 Å². The summed E-state index contributed by atoms with van der Waals surface area (Å²) in [5.74, 6) is -0.0723. The zero-order chi connectivity index (χ0) is 14.0. The van der Waals surface area contributed by atoms with Gasteiger partial charge in [0.2, 0.25) is 0 Å². The van der Waals surface area contributed by atoms with Gasteiger partial charge in [-0.15, -0.1) is 0 Å². The van der Waals surface area contributed by atoms with Gasteiger partial charge in [-0.2, -0.15) is 13.2 Å². The SMILES string of the molecule is CC(C)CC(O)(CC(F)(F)F)c1ccccc1N. The van der Waals surface area contributed by atoms with Crippen molar-refractivity contribution < 1.29 is 18.3 Å². The molecule has 0 heterocycles. The molecule has 0 aliphatic rings. The van der Waals surface area contributed by atoms with Gasteiger partial charge in [0.25, 0.3) is 0 Å². The first-order valence-electron chi connectivity index (χ1n) is 5.78. The van der Waals surface area contributed by atoms with Crippen LogP contribution in [0.2, 0.25) is 0 Å². The van der Waals surface area contributed by atoms with Crippen molar-refractivity contribution in [1.82, 2.24) is 0 Å². The van der Waals surface area contributed by atoms with E-state index in [1.54, 1.807) is 26.0 Å². The molecule has 1 aromatic rings. The van der Waals surface area contributed by atoms with E-state index in [0.717, 1.165) is 0 Å². The van der Waals surface area contributed by atoms with Gasteiger partial charge in [0.15, 0.2) is 0 Å². The second-order valence-electron chi connectivity index (χ2n) is 5.01. The highest BCUT2D eigenvalue weighted by molar-refractivity contribution is 5.49. The van der Waals surface area contributed by atoms with Crippen LogP contribution in [0.1, 0.15) is 32.3 Å². The van der Waals surface area contributed by atoms with Crippen LogP contribution in [0.15, 0.2) is 24.3 Å². The Morgan fingerprint density at radius 2 is 1.78 bits per heavy atom. The summed E-state index contributed by atoms with van der Waals surface area (Å²) in [6.07, 6.45) is -5.71. The van der Waals surface area contributed by atoms with E-state index in [1.165, 1.54) is 12.1 Å². The summed E-state index contributed by atoms with van der Waals surface area (Å²) < 4.78 is 37.9. The molecule has 2 nitrogen and oxygen atoms in total. The number of hydrogen-bond acceptors (Lipinski definition) is 2. The molecule has 0 aliphatic heterocycles. The molecular weight excluding hydrogens is 243 g/mol. The molecule has 0 bridgehead atoms. The molecule has 0 saturated carbocycles. The number of para-hydroxylation sites is 1. The number of rotatable bonds is 4. The van der Waals surface area contributed by atoms with E-state index >= 15 is 0 Å². The summed E-state index contributed by atoms with van der Waals surface area (Å²) in [6.45, 7) is 3.53. The number of hydrogen-bond donors (Lipinski definition) is 2. The summed E-state index contributed by atoms with van der Waals surface area (Å²) in [4.78, 5) is 0. The Hall–Kier alpha value is -1.23. The molecular formula is C13H18F3NO. The molecule has 0 aromatic heterocycles. The van der Waals surface area contributed by atoms with Crippen molar-refractivity contribution in [2.24, 2.45) is 5.92 Å². The number of benzene rings is 1. The molecule has 0 amide bonds. The van der Waals surface area contributed by atoms with Crippen LogP contribution in [0.5, 0.6) is 0 Å². The number of nitrogens with two attached hydrogens (primary N) is 1. The van der Waals surface area contributed by atoms with Crippen LogP contribution in [-0.4, -0.2) is 11.3 Å². The van der Waals surface area contributed by atoms with Gasteiger partial charge in [-0.05, 0) is 18.4 Å². The zero-order valence-corrected chi connectivity index (χ0v) is 10.5. The first kappa shape index (κ1) is 14.8. The van der Waals surface area contributed by atoms with Gasteiger partial charge in [-0.25, -0.2) is 0 Å². The first-order chi connectivity index (χ1) is 8.14. The second-order valence-corrected chi connectivity index (χ2v) is 5.01. The molecule has 0 saturated heterocycles. The van der Waals surface area contributed by atoms with Crippen molar-refractivity contribution in [3.63, 3.8) is 0 Å². The van der Waals surface area contributed by atoms with Gasteiger partial charge in [-0.3, -0.25) is 0 Å². The van der Waals surface area contributed by atoms with Gasteiger partial charge in [0.05, 0.1) is 6.42 Å². The monoisotopic (exact) mass is 261 g/mol. The fraction of sp³-hybridized carbons (Fsp3) is 0.538. The molecule has 1 atom stereocenters. The zero-order valence-electron chi connectivity index (χ0n) is 10.5. The maximum atomic E-state index is 12.6. The Morgan fingerprint density at radius 3 is 2.22 bits per heavy atom. The van der Waals surface area contributed by atoms with Crippen molar-refractivity contribution in [1.29, 1.82) is 0 Å². The highest BCUT2D eigenvalue weighted by atomic mass is 19.4. The smallest absolute Gasteiger partial charge is 0.392 e. The quantitative estimate of drug-likeness (QED) is 0.815. The second kappa shape index (κ2) is 5.18. The molecule has 0 fully saturated rings. The Kier molecular flexibility index (Phi) is 4.27. The van der Waals surface area contributed by atoms with Gasteiger partial charge >= 0.3 is 6.18 Å². The fourth-order valence-electron chi connectivity index (χ4n) is 2.21. The van der Waals surface area contributed by atoms with Crippen LogP contribution < -0.4 is 5.73 Å². The third-order valence-electron chi connectivity index (χ3n) is 2.70. The maximum absolute atomic E-state index is 12.6. The molecule has 102 valence electrons. The number of anilines is 1. The van der Waals surface area contributed by atoms with Crippen LogP contribution in [-0.2, 0) is 5.60 Å². The average molecular weight is 261 g/mol. The minimum absolute atomic E-state index is 0.0146. The molecule has 0 spiro atoms. The molecule has 1 rings (SSSR count). The van der Waals surface area contributed by atoms with Crippen LogP contribution in [0, 0.1) is 5.92 Å². The molecule has 0 aliphatic carbocycles.